The summed E-state index contributed by atoms with van der Waals surface area (Å²) in [6, 6.07) is 12.3. The van der Waals surface area contributed by atoms with Crippen molar-refractivity contribution in [1.29, 1.82) is 0 Å². The molecule has 1 N–H and O–H groups in total. The molecule has 0 fully saturated rings. The third kappa shape index (κ3) is 3.89. The van der Waals surface area contributed by atoms with E-state index in [0.717, 1.165) is 22.7 Å². The summed E-state index contributed by atoms with van der Waals surface area (Å²) in [5, 5.41) is 3.35. The normalized spacial score (nSPS) is 10.9. The van der Waals surface area contributed by atoms with E-state index in [1.54, 1.807) is 0 Å². The van der Waals surface area contributed by atoms with Crippen LogP contribution in [0.1, 0.15) is 11.3 Å². The number of hydrogen-bond acceptors (Lipinski definition) is 3. The molecule has 0 radical (unpaired) electrons. The molecule has 1 aromatic heterocycles. The van der Waals surface area contributed by atoms with Crippen molar-refractivity contribution < 1.29 is 4.42 Å². The fourth-order valence-electron chi connectivity index (χ4n) is 1.78. The number of nitrogens with one attached hydrogen (secondary N) is 1. The Bertz CT molecular complexity index is 508. The molecule has 4 heteroatoms. The zero-order chi connectivity index (χ0) is 13.0. The predicted octanol–water partition coefficient (Wildman–Crippen LogP) is 3.72. The van der Waals surface area contributed by atoms with E-state index >= 15 is 0 Å². The first-order valence-electron chi connectivity index (χ1n) is 5.85. The first kappa shape index (κ1) is 13.2. The minimum absolute atomic E-state index is 0.691. The zero-order valence-electron chi connectivity index (χ0n) is 10.6. The molecular formula is C14H17BrN2O. The summed E-state index contributed by atoms with van der Waals surface area (Å²) >= 11 is 3.30. The lowest BCUT2D eigenvalue weighted by molar-refractivity contribution is 0.402. The van der Waals surface area contributed by atoms with Crippen molar-refractivity contribution in [3.63, 3.8) is 0 Å². The van der Waals surface area contributed by atoms with Crippen LogP contribution in [0, 0.1) is 0 Å². The Hall–Kier alpha value is -1.26. The summed E-state index contributed by atoms with van der Waals surface area (Å²) in [6.07, 6.45) is 0. The van der Waals surface area contributed by atoms with E-state index in [9.17, 15) is 0 Å². The van der Waals surface area contributed by atoms with Crippen molar-refractivity contribution in [3.8, 4) is 0 Å². The lowest BCUT2D eigenvalue weighted by Gasteiger charge is -2.11. The Kier molecular flexibility index (Phi) is 4.44. The second-order valence-electron chi connectivity index (χ2n) is 4.50. The first-order valence-corrected chi connectivity index (χ1v) is 6.64. The summed E-state index contributed by atoms with van der Waals surface area (Å²) in [7, 11) is 4.14. The molecule has 0 spiro atoms. The third-order valence-electron chi connectivity index (χ3n) is 2.52. The summed E-state index contributed by atoms with van der Waals surface area (Å²) in [6.45, 7) is 1.64. The molecule has 96 valence electrons. The second-order valence-corrected chi connectivity index (χ2v) is 5.28. The van der Waals surface area contributed by atoms with Crippen LogP contribution in [0.3, 0.4) is 0 Å². The molecule has 18 heavy (non-hydrogen) atoms. The molecular weight excluding hydrogens is 292 g/mol. The zero-order valence-corrected chi connectivity index (χ0v) is 12.2. The van der Waals surface area contributed by atoms with Gasteiger partial charge in [0.25, 0.3) is 0 Å². The fraction of sp³-hybridized carbons (Fsp3) is 0.286. The van der Waals surface area contributed by atoms with Crippen LogP contribution in [0.4, 0.5) is 5.69 Å². The van der Waals surface area contributed by atoms with Gasteiger partial charge in [-0.2, -0.15) is 0 Å². The Morgan fingerprint density at radius 1 is 1.22 bits per heavy atom. The van der Waals surface area contributed by atoms with E-state index in [1.165, 1.54) is 5.56 Å². The highest BCUT2D eigenvalue weighted by molar-refractivity contribution is 9.10. The highest BCUT2D eigenvalue weighted by Gasteiger charge is 2.01. The molecule has 0 aliphatic rings. The summed E-state index contributed by atoms with van der Waals surface area (Å²) in [5.74, 6) is 0.917. The monoisotopic (exact) mass is 308 g/mol. The van der Waals surface area contributed by atoms with Gasteiger partial charge in [-0.3, -0.25) is 0 Å². The average Bonchev–Trinajstić information content (AvgIpc) is 2.72. The van der Waals surface area contributed by atoms with E-state index in [1.807, 2.05) is 12.1 Å². The number of anilines is 1. The largest absolute Gasteiger partial charge is 0.452 e. The van der Waals surface area contributed by atoms with Gasteiger partial charge in [-0.25, -0.2) is 0 Å². The Morgan fingerprint density at radius 3 is 2.72 bits per heavy atom. The highest BCUT2D eigenvalue weighted by Crippen LogP contribution is 2.17. The standard InChI is InChI=1S/C14H17BrN2O/c1-17(2)10-11-4-3-5-12(8-11)16-9-13-6-7-14(15)18-13/h3-8,16H,9-10H2,1-2H3. The number of benzene rings is 1. The Balaban J connectivity index is 1.96. The summed E-state index contributed by atoms with van der Waals surface area (Å²) in [5.41, 5.74) is 2.41. The van der Waals surface area contributed by atoms with Gasteiger partial charge in [0.05, 0.1) is 6.54 Å². The smallest absolute Gasteiger partial charge is 0.169 e. The molecule has 2 aromatic rings. The van der Waals surface area contributed by atoms with Crippen LogP contribution in [0.5, 0.6) is 0 Å². The third-order valence-corrected chi connectivity index (χ3v) is 2.95. The lowest BCUT2D eigenvalue weighted by atomic mass is 10.2. The molecule has 0 atom stereocenters. The number of rotatable bonds is 5. The molecule has 0 bridgehead atoms. The molecule has 1 heterocycles. The Morgan fingerprint density at radius 2 is 2.06 bits per heavy atom. The van der Waals surface area contributed by atoms with E-state index in [-0.39, 0.29) is 0 Å². The summed E-state index contributed by atoms with van der Waals surface area (Å²) in [4.78, 5) is 2.16. The average molecular weight is 309 g/mol. The van der Waals surface area contributed by atoms with Crippen LogP contribution in [0.25, 0.3) is 0 Å². The van der Waals surface area contributed by atoms with Gasteiger partial charge in [0, 0.05) is 12.2 Å². The van der Waals surface area contributed by atoms with E-state index in [4.69, 9.17) is 4.42 Å². The number of hydrogen-bond donors (Lipinski definition) is 1. The van der Waals surface area contributed by atoms with Crippen molar-refractivity contribution in [3.05, 3.63) is 52.4 Å². The van der Waals surface area contributed by atoms with E-state index < -0.39 is 0 Å². The van der Waals surface area contributed by atoms with Crippen molar-refractivity contribution in [2.75, 3.05) is 19.4 Å². The lowest BCUT2D eigenvalue weighted by Crippen LogP contribution is -2.10. The number of nitrogens with zero attached hydrogens (tertiary/aromatic N) is 1. The topological polar surface area (TPSA) is 28.4 Å². The molecule has 0 saturated heterocycles. The van der Waals surface area contributed by atoms with Crippen molar-refractivity contribution in [2.24, 2.45) is 0 Å². The maximum Gasteiger partial charge on any atom is 0.169 e. The van der Waals surface area contributed by atoms with Crippen molar-refractivity contribution >= 4 is 21.6 Å². The summed E-state index contributed by atoms with van der Waals surface area (Å²) < 4.78 is 6.21. The molecule has 0 saturated carbocycles. The highest BCUT2D eigenvalue weighted by atomic mass is 79.9. The molecule has 0 amide bonds. The van der Waals surface area contributed by atoms with Crippen molar-refractivity contribution in [1.82, 2.24) is 4.90 Å². The molecule has 2 rings (SSSR count). The first-order chi connectivity index (χ1) is 8.63. The minimum Gasteiger partial charge on any atom is -0.452 e. The van der Waals surface area contributed by atoms with Crippen LogP contribution >= 0.6 is 15.9 Å². The van der Waals surface area contributed by atoms with Crippen LogP contribution in [-0.2, 0) is 13.1 Å². The van der Waals surface area contributed by atoms with Gasteiger partial charge in [-0.15, -0.1) is 0 Å². The van der Waals surface area contributed by atoms with Gasteiger partial charge in [0.15, 0.2) is 4.67 Å². The predicted molar refractivity (Wildman–Crippen MR) is 77.6 cm³/mol. The number of halogens is 1. The van der Waals surface area contributed by atoms with E-state index in [2.05, 4.69) is 64.5 Å². The van der Waals surface area contributed by atoms with Gasteiger partial charge in [0.1, 0.15) is 5.76 Å². The van der Waals surface area contributed by atoms with Crippen LogP contribution in [0.2, 0.25) is 0 Å². The molecule has 3 nitrogen and oxygen atoms in total. The second kappa shape index (κ2) is 6.07. The number of furan rings is 1. The van der Waals surface area contributed by atoms with Crippen molar-refractivity contribution in [2.45, 2.75) is 13.1 Å². The van der Waals surface area contributed by atoms with E-state index in [0.29, 0.717) is 6.54 Å². The maximum absolute atomic E-state index is 5.45. The minimum atomic E-state index is 0.691. The molecule has 0 aliphatic heterocycles. The maximum atomic E-state index is 5.45. The van der Waals surface area contributed by atoms with Crippen LogP contribution < -0.4 is 5.32 Å². The molecule has 1 aromatic carbocycles. The van der Waals surface area contributed by atoms with Gasteiger partial charge >= 0.3 is 0 Å². The van der Waals surface area contributed by atoms with Gasteiger partial charge in [-0.1, -0.05) is 12.1 Å². The van der Waals surface area contributed by atoms with Gasteiger partial charge in [-0.05, 0) is 59.9 Å². The van der Waals surface area contributed by atoms with Gasteiger partial charge < -0.3 is 14.6 Å². The van der Waals surface area contributed by atoms with Crippen LogP contribution in [-0.4, -0.2) is 19.0 Å². The SMILES string of the molecule is CN(C)Cc1cccc(NCc2ccc(Br)o2)c1. The molecule has 0 unspecified atom stereocenters. The van der Waals surface area contributed by atoms with Crippen LogP contribution in [0.15, 0.2) is 45.5 Å². The molecule has 0 aliphatic carbocycles. The quantitative estimate of drug-likeness (QED) is 0.912. The fourth-order valence-corrected chi connectivity index (χ4v) is 2.12. The Labute approximate surface area is 116 Å². The van der Waals surface area contributed by atoms with Gasteiger partial charge in [0.2, 0.25) is 0 Å².